The van der Waals surface area contributed by atoms with E-state index in [-0.39, 0.29) is 18.2 Å². The summed E-state index contributed by atoms with van der Waals surface area (Å²) in [4.78, 5) is 0. The van der Waals surface area contributed by atoms with Gasteiger partial charge in [0.25, 0.3) is 0 Å². The predicted molar refractivity (Wildman–Crippen MR) is 76.0 cm³/mol. The summed E-state index contributed by atoms with van der Waals surface area (Å²) in [6.07, 6.45) is 2.47. The molecule has 18 heavy (non-hydrogen) atoms. The van der Waals surface area contributed by atoms with Crippen LogP contribution in [-0.4, -0.2) is 19.6 Å². The molecule has 1 atom stereocenters. The minimum atomic E-state index is -0.230. The van der Waals surface area contributed by atoms with Crippen LogP contribution < -0.4 is 10.6 Å². The quantitative estimate of drug-likeness (QED) is 0.892. The summed E-state index contributed by atoms with van der Waals surface area (Å²) in [6.45, 7) is 3.59. The average Bonchev–Trinajstić information content (AvgIpc) is 2.34. The summed E-state index contributed by atoms with van der Waals surface area (Å²) >= 11 is 5.96. The van der Waals surface area contributed by atoms with E-state index in [1.54, 1.807) is 12.1 Å². The second-order valence-electron chi connectivity index (χ2n) is 4.54. The SMILES string of the molecule is Cl.Fc1cccc(Cl)c1CNCC1CCCNC1. The van der Waals surface area contributed by atoms with Crippen molar-refractivity contribution in [3.8, 4) is 0 Å². The van der Waals surface area contributed by atoms with Crippen molar-refractivity contribution in [1.82, 2.24) is 10.6 Å². The van der Waals surface area contributed by atoms with Crippen LogP contribution in [0, 0.1) is 11.7 Å². The van der Waals surface area contributed by atoms with Gasteiger partial charge in [0.2, 0.25) is 0 Å². The summed E-state index contributed by atoms with van der Waals surface area (Å²) in [5, 5.41) is 7.15. The maximum Gasteiger partial charge on any atom is 0.129 e. The molecule has 1 fully saturated rings. The second kappa shape index (κ2) is 7.95. The van der Waals surface area contributed by atoms with E-state index in [0.29, 0.717) is 23.0 Å². The van der Waals surface area contributed by atoms with Gasteiger partial charge in [-0.25, -0.2) is 4.39 Å². The van der Waals surface area contributed by atoms with Gasteiger partial charge in [0.15, 0.2) is 0 Å². The lowest BCUT2D eigenvalue weighted by Gasteiger charge is -2.23. The number of piperidine rings is 1. The molecular formula is C13H19Cl2FN2. The summed E-state index contributed by atoms with van der Waals surface area (Å²) < 4.78 is 13.5. The van der Waals surface area contributed by atoms with E-state index in [0.717, 1.165) is 19.6 Å². The highest BCUT2D eigenvalue weighted by atomic mass is 35.5. The molecule has 2 nitrogen and oxygen atoms in total. The Morgan fingerprint density at radius 2 is 2.28 bits per heavy atom. The van der Waals surface area contributed by atoms with Gasteiger partial charge in [0.1, 0.15) is 5.82 Å². The maximum atomic E-state index is 13.5. The number of rotatable bonds is 4. The Morgan fingerprint density at radius 1 is 1.44 bits per heavy atom. The van der Waals surface area contributed by atoms with Crippen LogP contribution >= 0.6 is 24.0 Å². The molecule has 1 unspecified atom stereocenters. The fourth-order valence-corrected chi connectivity index (χ4v) is 2.43. The van der Waals surface area contributed by atoms with Crippen molar-refractivity contribution >= 4 is 24.0 Å². The molecule has 2 rings (SSSR count). The van der Waals surface area contributed by atoms with Crippen LogP contribution in [0.15, 0.2) is 18.2 Å². The van der Waals surface area contributed by atoms with Crippen LogP contribution in [-0.2, 0) is 6.54 Å². The fourth-order valence-electron chi connectivity index (χ4n) is 2.20. The smallest absolute Gasteiger partial charge is 0.129 e. The zero-order valence-corrected chi connectivity index (χ0v) is 11.8. The van der Waals surface area contributed by atoms with E-state index in [2.05, 4.69) is 10.6 Å². The van der Waals surface area contributed by atoms with E-state index < -0.39 is 0 Å². The first-order chi connectivity index (χ1) is 8.27. The standard InChI is InChI=1S/C13H18ClFN2.ClH/c14-12-4-1-5-13(15)11(12)9-17-8-10-3-2-6-16-7-10;/h1,4-5,10,16-17H,2-3,6-9H2;1H. The van der Waals surface area contributed by atoms with Crippen LogP contribution in [0.4, 0.5) is 4.39 Å². The van der Waals surface area contributed by atoms with Crippen molar-refractivity contribution in [3.63, 3.8) is 0 Å². The van der Waals surface area contributed by atoms with E-state index >= 15 is 0 Å². The monoisotopic (exact) mass is 292 g/mol. The molecule has 0 spiro atoms. The van der Waals surface area contributed by atoms with Gasteiger partial charge in [-0.05, 0) is 50.5 Å². The molecule has 1 aromatic carbocycles. The molecule has 2 N–H and O–H groups in total. The van der Waals surface area contributed by atoms with Gasteiger partial charge in [-0.15, -0.1) is 12.4 Å². The van der Waals surface area contributed by atoms with Crippen molar-refractivity contribution in [2.75, 3.05) is 19.6 Å². The van der Waals surface area contributed by atoms with Gasteiger partial charge in [-0.1, -0.05) is 17.7 Å². The Balaban J connectivity index is 0.00000162. The Kier molecular flexibility index (Phi) is 6.94. The zero-order valence-electron chi connectivity index (χ0n) is 10.2. The zero-order chi connectivity index (χ0) is 12.1. The molecule has 0 radical (unpaired) electrons. The molecule has 102 valence electrons. The molecule has 1 saturated heterocycles. The van der Waals surface area contributed by atoms with E-state index in [1.165, 1.54) is 18.9 Å². The molecule has 1 aliphatic heterocycles. The third kappa shape index (κ3) is 4.39. The lowest BCUT2D eigenvalue weighted by Crippen LogP contribution is -2.35. The van der Waals surface area contributed by atoms with Gasteiger partial charge in [0, 0.05) is 17.1 Å². The average molecular weight is 293 g/mol. The van der Waals surface area contributed by atoms with Crippen molar-refractivity contribution in [3.05, 3.63) is 34.6 Å². The van der Waals surface area contributed by atoms with Crippen molar-refractivity contribution in [2.24, 2.45) is 5.92 Å². The van der Waals surface area contributed by atoms with Crippen LogP contribution in [0.2, 0.25) is 5.02 Å². The van der Waals surface area contributed by atoms with Gasteiger partial charge < -0.3 is 10.6 Å². The Hall–Kier alpha value is -0.350. The van der Waals surface area contributed by atoms with Crippen molar-refractivity contribution < 1.29 is 4.39 Å². The first-order valence-corrected chi connectivity index (χ1v) is 6.49. The maximum absolute atomic E-state index is 13.5. The van der Waals surface area contributed by atoms with E-state index in [4.69, 9.17) is 11.6 Å². The molecule has 1 heterocycles. The van der Waals surface area contributed by atoms with Gasteiger partial charge in [0.05, 0.1) is 0 Å². The summed E-state index contributed by atoms with van der Waals surface area (Å²) in [6, 6.07) is 4.81. The molecule has 0 aromatic heterocycles. The topological polar surface area (TPSA) is 24.1 Å². The van der Waals surface area contributed by atoms with Gasteiger partial charge in [-0.3, -0.25) is 0 Å². The number of hydrogen-bond acceptors (Lipinski definition) is 2. The lowest BCUT2D eigenvalue weighted by molar-refractivity contribution is 0.359. The number of halogens is 3. The summed E-state index contributed by atoms with van der Waals surface area (Å²) in [5.74, 6) is 0.418. The number of hydrogen-bond donors (Lipinski definition) is 2. The van der Waals surface area contributed by atoms with Gasteiger partial charge >= 0.3 is 0 Å². The highest BCUT2D eigenvalue weighted by molar-refractivity contribution is 6.31. The molecule has 1 aromatic rings. The number of benzene rings is 1. The largest absolute Gasteiger partial charge is 0.316 e. The highest BCUT2D eigenvalue weighted by Gasteiger charge is 2.13. The number of nitrogens with one attached hydrogen (secondary N) is 2. The van der Waals surface area contributed by atoms with Crippen molar-refractivity contribution in [2.45, 2.75) is 19.4 Å². The molecular weight excluding hydrogens is 274 g/mol. The second-order valence-corrected chi connectivity index (χ2v) is 4.95. The van der Waals surface area contributed by atoms with E-state index in [1.807, 2.05) is 0 Å². The first kappa shape index (κ1) is 15.7. The molecule has 5 heteroatoms. The third-order valence-corrected chi connectivity index (χ3v) is 3.55. The third-order valence-electron chi connectivity index (χ3n) is 3.20. The minimum absolute atomic E-state index is 0. The summed E-state index contributed by atoms with van der Waals surface area (Å²) in [5.41, 5.74) is 0.568. The molecule has 0 saturated carbocycles. The molecule has 0 bridgehead atoms. The summed E-state index contributed by atoms with van der Waals surface area (Å²) in [7, 11) is 0. The lowest BCUT2D eigenvalue weighted by atomic mass is 10.00. The Morgan fingerprint density at radius 3 is 2.94 bits per heavy atom. The van der Waals surface area contributed by atoms with Crippen LogP contribution in [0.3, 0.4) is 0 Å². The van der Waals surface area contributed by atoms with Crippen LogP contribution in [0.1, 0.15) is 18.4 Å². The molecule has 0 amide bonds. The van der Waals surface area contributed by atoms with Crippen LogP contribution in [0.25, 0.3) is 0 Å². The minimum Gasteiger partial charge on any atom is -0.316 e. The highest BCUT2D eigenvalue weighted by Crippen LogP contribution is 2.18. The Bertz CT molecular complexity index is 348. The first-order valence-electron chi connectivity index (χ1n) is 6.11. The molecule has 0 aliphatic carbocycles. The van der Waals surface area contributed by atoms with Crippen LogP contribution in [0.5, 0.6) is 0 Å². The Labute approximate surface area is 119 Å². The van der Waals surface area contributed by atoms with Crippen molar-refractivity contribution in [1.29, 1.82) is 0 Å². The normalized spacial score (nSPS) is 19.3. The fraction of sp³-hybridized carbons (Fsp3) is 0.538. The van der Waals surface area contributed by atoms with E-state index in [9.17, 15) is 4.39 Å². The molecule has 1 aliphatic rings. The predicted octanol–water partition coefficient (Wildman–Crippen LogP) is 2.99. The van der Waals surface area contributed by atoms with Gasteiger partial charge in [-0.2, -0.15) is 0 Å².